The summed E-state index contributed by atoms with van der Waals surface area (Å²) in [4.78, 5) is 33.0. The first-order valence-electron chi connectivity index (χ1n) is 10.4. The monoisotopic (exact) mass is 435 g/mol. The summed E-state index contributed by atoms with van der Waals surface area (Å²) in [5.41, 5.74) is 3.45. The lowest BCUT2D eigenvalue weighted by molar-refractivity contribution is -0.116. The van der Waals surface area contributed by atoms with Gasteiger partial charge in [-0.2, -0.15) is 0 Å². The molecular formula is C24H25N3O3S. The molecule has 2 N–H and O–H groups in total. The standard InChI is InChI=1S/C24H25N3O3S/c1-3-12-30-19-11-7-6-10-17(19)18-13-20(28)25-22-21(18)23(29)27-24(26-22)31-14-16-9-5-4-8-15(16)2/h4-11,18H,3,12-14H2,1-2H3,(H2,25,26,27,28,29). The summed E-state index contributed by atoms with van der Waals surface area (Å²) >= 11 is 1.44. The first-order chi connectivity index (χ1) is 15.1. The van der Waals surface area contributed by atoms with Gasteiger partial charge in [0, 0.05) is 23.7 Å². The molecule has 0 aliphatic carbocycles. The summed E-state index contributed by atoms with van der Waals surface area (Å²) in [5.74, 6) is 1.16. The number of ether oxygens (including phenoxy) is 1. The van der Waals surface area contributed by atoms with E-state index in [0.29, 0.717) is 34.6 Å². The van der Waals surface area contributed by atoms with Crippen molar-refractivity contribution in [1.82, 2.24) is 9.97 Å². The maximum Gasteiger partial charge on any atom is 0.257 e. The first kappa shape index (κ1) is 21.2. The minimum absolute atomic E-state index is 0.157. The number of nitrogens with one attached hydrogen (secondary N) is 2. The molecule has 0 saturated heterocycles. The van der Waals surface area contributed by atoms with Gasteiger partial charge in [0.2, 0.25) is 5.91 Å². The molecule has 0 radical (unpaired) electrons. The molecule has 0 fully saturated rings. The van der Waals surface area contributed by atoms with E-state index in [1.807, 2.05) is 43.3 Å². The number of aromatic nitrogens is 2. The Morgan fingerprint density at radius 2 is 1.90 bits per heavy atom. The van der Waals surface area contributed by atoms with E-state index in [9.17, 15) is 9.59 Å². The number of amides is 1. The third-order valence-electron chi connectivity index (χ3n) is 5.31. The summed E-state index contributed by atoms with van der Waals surface area (Å²) in [6.45, 7) is 4.67. The minimum atomic E-state index is -0.400. The summed E-state index contributed by atoms with van der Waals surface area (Å²) in [6.07, 6.45) is 1.06. The number of benzene rings is 2. The Kier molecular flexibility index (Phi) is 6.42. The number of anilines is 1. The predicted octanol–water partition coefficient (Wildman–Crippen LogP) is 4.63. The lowest BCUT2D eigenvalue weighted by atomic mass is 9.86. The molecule has 160 valence electrons. The van der Waals surface area contributed by atoms with E-state index in [1.165, 1.54) is 22.9 Å². The molecule has 2 aromatic carbocycles. The van der Waals surface area contributed by atoms with Gasteiger partial charge in [-0.25, -0.2) is 4.98 Å². The molecule has 3 aromatic rings. The largest absolute Gasteiger partial charge is 0.493 e. The maximum absolute atomic E-state index is 13.1. The lowest BCUT2D eigenvalue weighted by Crippen LogP contribution is -2.31. The van der Waals surface area contributed by atoms with E-state index in [0.717, 1.165) is 12.0 Å². The van der Waals surface area contributed by atoms with Crippen molar-refractivity contribution in [3.63, 3.8) is 0 Å². The van der Waals surface area contributed by atoms with E-state index >= 15 is 0 Å². The molecule has 0 spiro atoms. The Morgan fingerprint density at radius 3 is 2.71 bits per heavy atom. The van der Waals surface area contributed by atoms with Crippen molar-refractivity contribution in [3.05, 3.63) is 81.1 Å². The van der Waals surface area contributed by atoms with Crippen LogP contribution in [0.15, 0.2) is 58.5 Å². The van der Waals surface area contributed by atoms with Crippen LogP contribution in [-0.2, 0) is 10.5 Å². The van der Waals surface area contributed by atoms with Gasteiger partial charge in [-0.05, 0) is 30.5 Å². The van der Waals surface area contributed by atoms with Crippen LogP contribution in [0.5, 0.6) is 5.75 Å². The molecule has 6 nitrogen and oxygen atoms in total. The van der Waals surface area contributed by atoms with Crippen molar-refractivity contribution in [2.24, 2.45) is 0 Å². The van der Waals surface area contributed by atoms with Crippen LogP contribution in [0.2, 0.25) is 0 Å². The third kappa shape index (κ3) is 4.66. The van der Waals surface area contributed by atoms with Crippen LogP contribution < -0.4 is 15.6 Å². The van der Waals surface area contributed by atoms with E-state index in [1.54, 1.807) is 0 Å². The molecule has 1 amide bonds. The molecule has 7 heteroatoms. The Morgan fingerprint density at radius 1 is 1.13 bits per heavy atom. The van der Waals surface area contributed by atoms with Gasteiger partial charge in [-0.3, -0.25) is 9.59 Å². The second-order valence-electron chi connectivity index (χ2n) is 7.54. The fourth-order valence-corrected chi connectivity index (χ4v) is 4.65. The van der Waals surface area contributed by atoms with E-state index < -0.39 is 5.92 Å². The summed E-state index contributed by atoms with van der Waals surface area (Å²) < 4.78 is 5.88. The second-order valence-corrected chi connectivity index (χ2v) is 8.50. The van der Waals surface area contributed by atoms with Crippen molar-refractivity contribution in [2.75, 3.05) is 11.9 Å². The van der Waals surface area contributed by atoms with Crippen molar-refractivity contribution in [1.29, 1.82) is 0 Å². The normalized spacial score (nSPS) is 15.3. The van der Waals surface area contributed by atoms with Crippen LogP contribution in [0.3, 0.4) is 0 Å². The molecule has 1 aliphatic heterocycles. The quantitative estimate of drug-likeness (QED) is 0.417. The predicted molar refractivity (Wildman–Crippen MR) is 123 cm³/mol. The highest BCUT2D eigenvalue weighted by Gasteiger charge is 2.32. The Bertz CT molecular complexity index is 1160. The topological polar surface area (TPSA) is 84.1 Å². The minimum Gasteiger partial charge on any atom is -0.493 e. The number of hydrogen-bond acceptors (Lipinski definition) is 5. The lowest BCUT2D eigenvalue weighted by Gasteiger charge is -2.26. The van der Waals surface area contributed by atoms with Gasteiger partial charge >= 0.3 is 0 Å². The molecule has 1 unspecified atom stereocenters. The van der Waals surface area contributed by atoms with Crippen LogP contribution in [-0.4, -0.2) is 22.5 Å². The smallest absolute Gasteiger partial charge is 0.257 e. The maximum atomic E-state index is 13.1. The number of H-pyrrole nitrogens is 1. The molecule has 1 atom stereocenters. The van der Waals surface area contributed by atoms with Gasteiger partial charge in [0.05, 0.1) is 12.2 Å². The number of carbonyl (C=O) groups is 1. The fourth-order valence-electron chi connectivity index (χ4n) is 3.71. The summed E-state index contributed by atoms with van der Waals surface area (Å²) in [6, 6.07) is 15.7. The van der Waals surface area contributed by atoms with Gasteiger partial charge in [0.1, 0.15) is 11.6 Å². The molecule has 4 rings (SSSR count). The summed E-state index contributed by atoms with van der Waals surface area (Å²) in [5, 5.41) is 3.28. The van der Waals surface area contributed by atoms with Crippen molar-refractivity contribution in [3.8, 4) is 5.75 Å². The van der Waals surface area contributed by atoms with Crippen LogP contribution in [0, 0.1) is 6.92 Å². The van der Waals surface area contributed by atoms with Crippen molar-refractivity contribution >= 4 is 23.5 Å². The van der Waals surface area contributed by atoms with Crippen LogP contribution in [0.25, 0.3) is 0 Å². The van der Waals surface area contributed by atoms with E-state index in [2.05, 4.69) is 34.3 Å². The number of aromatic amines is 1. The molecule has 1 aromatic heterocycles. The van der Waals surface area contributed by atoms with E-state index in [4.69, 9.17) is 4.74 Å². The molecule has 0 saturated carbocycles. The zero-order chi connectivity index (χ0) is 21.8. The number of aryl methyl sites for hydroxylation is 1. The molecule has 31 heavy (non-hydrogen) atoms. The van der Waals surface area contributed by atoms with Crippen LogP contribution in [0.1, 0.15) is 47.9 Å². The molecule has 1 aliphatic rings. The number of rotatable bonds is 7. The van der Waals surface area contributed by atoms with E-state index in [-0.39, 0.29) is 17.9 Å². The molecule has 0 bridgehead atoms. The zero-order valence-corrected chi connectivity index (χ0v) is 18.4. The number of thioether (sulfide) groups is 1. The van der Waals surface area contributed by atoms with Gasteiger partial charge < -0.3 is 15.0 Å². The number of fused-ring (bicyclic) bond motifs is 1. The van der Waals surface area contributed by atoms with Gasteiger partial charge in [0.15, 0.2) is 5.16 Å². The average molecular weight is 436 g/mol. The fraction of sp³-hybridized carbons (Fsp3) is 0.292. The van der Waals surface area contributed by atoms with Crippen LogP contribution >= 0.6 is 11.8 Å². The SMILES string of the molecule is CCCOc1ccccc1C1CC(=O)Nc2nc(SCc3ccccc3C)[nH]c(=O)c21. The van der Waals surface area contributed by atoms with Gasteiger partial charge in [-0.15, -0.1) is 0 Å². The highest BCUT2D eigenvalue weighted by Crippen LogP contribution is 2.38. The first-order valence-corrected chi connectivity index (χ1v) is 11.4. The zero-order valence-electron chi connectivity index (χ0n) is 17.6. The Balaban J connectivity index is 1.67. The average Bonchev–Trinajstić information content (AvgIpc) is 2.76. The highest BCUT2D eigenvalue weighted by molar-refractivity contribution is 7.98. The number of para-hydroxylation sites is 1. The third-order valence-corrected chi connectivity index (χ3v) is 6.23. The number of carbonyl (C=O) groups excluding carboxylic acids is 1. The molecule has 2 heterocycles. The number of nitrogens with zero attached hydrogens (tertiary/aromatic N) is 1. The van der Waals surface area contributed by atoms with Crippen molar-refractivity contribution in [2.45, 2.75) is 43.5 Å². The Hall–Kier alpha value is -3.06. The Labute approximate surface area is 185 Å². The molecular weight excluding hydrogens is 410 g/mol. The van der Waals surface area contributed by atoms with Gasteiger partial charge in [-0.1, -0.05) is 61.2 Å². The van der Waals surface area contributed by atoms with Gasteiger partial charge in [0.25, 0.3) is 5.56 Å². The number of hydrogen-bond donors (Lipinski definition) is 2. The van der Waals surface area contributed by atoms with Crippen LogP contribution in [0.4, 0.5) is 5.82 Å². The highest BCUT2D eigenvalue weighted by atomic mass is 32.2. The second kappa shape index (κ2) is 9.39. The summed E-state index contributed by atoms with van der Waals surface area (Å²) in [7, 11) is 0. The van der Waals surface area contributed by atoms with Crippen molar-refractivity contribution < 1.29 is 9.53 Å².